The monoisotopic (exact) mass is 341 g/mol. The zero-order chi connectivity index (χ0) is 17.2. The molecule has 3 rings (SSSR count). The summed E-state index contributed by atoms with van der Waals surface area (Å²) >= 11 is 0. The number of rotatable bonds is 3. The van der Waals surface area contributed by atoms with Gasteiger partial charge in [-0.2, -0.15) is 13.2 Å². The molecule has 0 aromatic heterocycles. The molecule has 1 aromatic rings. The van der Waals surface area contributed by atoms with E-state index in [0.717, 1.165) is 63.6 Å². The second-order valence-corrected chi connectivity index (χ2v) is 7.12. The predicted octanol–water partition coefficient (Wildman–Crippen LogP) is 4.70. The normalized spacial score (nSPS) is 23.3. The van der Waals surface area contributed by atoms with Crippen molar-refractivity contribution in [2.45, 2.75) is 50.7 Å². The van der Waals surface area contributed by atoms with Crippen LogP contribution < -0.4 is 0 Å². The summed E-state index contributed by atoms with van der Waals surface area (Å²) < 4.78 is 44.1. The van der Waals surface area contributed by atoms with Crippen LogP contribution in [0.4, 0.5) is 13.2 Å². The summed E-state index contributed by atoms with van der Waals surface area (Å²) in [5.41, 5.74) is 0.307. The molecule has 2 aliphatic rings. The van der Waals surface area contributed by atoms with Crippen molar-refractivity contribution in [2.75, 3.05) is 26.3 Å². The van der Waals surface area contributed by atoms with E-state index in [-0.39, 0.29) is 5.92 Å². The second-order valence-electron chi connectivity index (χ2n) is 7.12. The SMILES string of the molecule is CC(C1CCOCC1)N1CCC(c2cccc(C(F)(F)F)c2)CC1. The van der Waals surface area contributed by atoms with Gasteiger partial charge < -0.3 is 9.64 Å². The lowest BCUT2D eigenvalue weighted by molar-refractivity contribution is -0.137. The molecular formula is C19H26F3NO. The highest BCUT2D eigenvalue weighted by Gasteiger charge is 2.32. The van der Waals surface area contributed by atoms with E-state index in [2.05, 4.69) is 11.8 Å². The molecule has 2 nitrogen and oxygen atoms in total. The first-order valence-electron chi connectivity index (χ1n) is 8.94. The number of benzene rings is 1. The maximum absolute atomic E-state index is 12.9. The zero-order valence-corrected chi connectivity index (χ0v) is 14.2. The van der Waals surface area contributed by atoms with Crippen molar-refractivity contribution >= 4 is 0 Å². The van der Waals surface area contributed by atoms with Crippen LogP contribution in [0.3, 0.4) is 0 Å². The van der Waals surface area contributed by atoms with Crippen molar-refractivity contribution in [1.82, 2.24) is 4.90 Å². The lowest BCUT2D eigenvalue weighted by Gasteiger charge is -2.40. The number of likely N-dealkylation sites (tertiary alicyclic amines) is 1. The maximum atomic E-state index is 12.9. The fourth-order valence-corrected chi connectivity index (χ4v) is 4.11. The lowest BCUT2D eigenvalue weighted by Crippen LogP contribution is -2.44. The Morgan fingerprint density at radius 1 is 1.08 bits per heavy atom. The van der Waals surface area contributed by atoms with Gasteiger partial charge in [-0.1, -0.05) is 18.2 Å². The number of halogens is 3. The second kappa shape index (κ2) is 7.44. The van der Waals surface area contributed by atoms with E-state index < -0.39 is 11.7 Å². The van der Waals surface area contributed by atoms with Gasteiger partial charge in [0.2, 0.25) is 0 Å². The molecule has 1 unspecified atom stereocenters. The zero-order valence-electron chi connectivity index (χ0n) is 14.2. The van der Waals surface area contributed by atoms with Gasteiger partial charge in [-0.05, 0) is 69.2 Å². The van der Waals surface area contributed by atoms with Gasteiger partial charge in [0.15, 0.2) is 0 Å². The Labute approximate surface area is 142 Å². The summed E-state index contributed by atoms with van der Waals surface area (Å²) in [5, 5.41) is 0. The molecule has 5 heteroatoms. The minimum atomic E-state index is -4.26. The van der Waals surface area contributed by atoms with Crippen LogP contribution in [0.5, 0.6) is 0 Å². The third kappa shape index (κ3) is 4.12. The molecule has 2 aliphatic heterocycles. The average Bonchev–Trinajstić information content (AvgIpc) is 2.61. The molecule has 134 valence electrons. The molecule has 2 saturated heterocycles. The van der Waals surface area contributed by atoms with Crippen LogP contribution >= 0.6 is 0 Å². The molecule has 0 aliphatic carbocycles. The van der Waals surface area contributed by atoms with E-state index in [4.69, 9.17) is 4.74 Å². The highest BCUT2D eigenvalue weighted by Crippen LogP contribution is 2.35. The van der Waals surface area contributed by atoms with E-state index in [1.54, 1.807) is 0 Å². The lowest BCUT2D eigenvalue weighted by atomic mass is 9.85. The standard InChI is InChI=1S/C19H26F3NO/c1-14(15-7-11-24-12-8-15)23-9-5-16(6-10-23)17-3-2-4-18(13-17)19(20,21)22/h2-4,13-16H,5-12H2,1H3. The van der Waals surface area contributed by atoms with Crippen LogP contribution in [-0.4, -0.2) is 37.2 Å². The largest absolute Gasteiger partial charge is 0.416 e. The summed E-state index contributed by atoms with van der Waals surface area (Å²) in [6.45, 7) is 5.95. The van der Waals surface area contributed by atoms with Crippen molar-refractivity contribution in [3.63, 3.8) is 0 Å². The Morgan fingerprint density at radius 2 is 1.75 bits per heavy atom. The summed E-state index contributed by atoms with van der Waals surface area (Å²) in [7, 11) is 0. The van der Waals surface area contributed by atoms with E-state index in [1.807, 2.05) is 6.07 Å². The molecule has 24 heavy (non-hydrogen) atoms. The number of alkyl halides is 3. The molecule has 0 radical (unpaired) electrons. The predicted molar refractivity (Wildman–Crippen MR) is 88.0 cm³/mol. The molecule has 2 fully saturated rings. The first-order chi connectivity index (χ1) is 11.4. The van der Waals surface area contributed by atoms with Crippen molar-refractivity contribution in [2.24, 2.45) is 5.92 Å². The molecule has 0 amide bonds. The molecule has 1 atom stereocenters. The van der Waals surface area contributed by atoms with E-state index in [9.17, 15) is 13.2 Å². The van der Waals surface area contributed by atoms with Crippen molar-refractivity contribution < 1.29 is 17.9 Å². The fraction of sp³-hybridized carbons (Fsp3) is 0.684. The smallest absolute Gasteiger partial charge is 0.381 e. The Morgan fingerprint density at radius 3 is 2.38 bits per heavy atom. The van der Waals surface area contributed by atoms with Gasteiger partial charge in [-0.3, -0.25) is 0 Å². The van der Waals surface area contributed by atoms with Crippen LogP contribution in [0.2, 0.25) is 0 Å². The molecule has 0 saturated carbocycles. The van der Waals surface area contributed by atoms with E-state index in [0.29, 0.717) is 12.0 Å². The minimum Gasteiger partial charge on any atom is -0.381 e. The molecular weight excluding hydrogens is 315 g/mol. The number of hydrogen-bond donors (Lipinski definition) is 0. The molecule has 2 heterocycles. The third-order valence-corrected chi connectivity index (χ3v) is 5.74. The minimum absolute atomic E-state index is 0.241. The van der Waals surface area contributed by atoms with Crippen LogP contribution in [-0.2, 0) is 10.9 Å². The van der Waals surface area contributed by atoms with Gasteiger partial charge in [0.1, 0.15) is 0 Å². The highest BCUT2D eigenvalue weighted by molar-refractivity contribution is 5.28. The van der Waals surface area contributed by atoms with Crippen LogP contribution in [0.1, 0.15) is 49.7 Å². The highest BCUT2D eigenvalue weighted by atomic mass is 19.4. The van der Waals surface area contributed by atoms with Crippen molar-refractivity contribution in [3.8, 4) is 0 Å². The van der Waals surface area contributed by atoms with Crippen molar-refractivity contribution in [3.05, 3.63) is 35.4 Å². The number of hydrogen-bond acceptors (Lipinski definition) is 2. The number of ether oxygens (including phenoxy) is 1. The topological polar surface area (TPSA) is 12.5 Å². The quantitative estimate of drug-likeness (QED) is 0.790. The Balaban J connectivity index is 1.59. The summed E-state index contributed by atoms with van der Waals surface area (Å²) in [6, 6.07) is 6.41. The van der Waals surface area contributed by atoms with Crippen LogP contribution in [0, 0.1) is 5.92 Å². The molecule has 1 aromatic carbocycles. The third-order valence-electron chi connectivity index (χ3n) is 5.74. The Kier molecular flexibility index (Phi) is 5.50. The molecule has 0 bridgehead atoms. The number of nitrogens with zero attached hydrogens (tertiary/aromatic N) is 1. The first-order valence-corrected chi connectivity index (χ1v) is 8.94. The van der Waals surface area contributed by atoms with E-state index in [1.165, 1.54) is 12.1 Å². The van der Waals surface area contributed by atoms with Gasteiger partial charge in [0, 0.05) is 19.3 Å². The van der Waals surface area contributed by atoms with Crippen molar-refractivity contribution in [1.29, 1.82) is 0 Å². The number of piperidine rings is 1. The Hall–Kier alpha value is -1.07. The maximum Gasteiger partial charge on any atom is 0.416 e. The van der Waals surface area contributed by atoms with Gasteiger partial charge in [-0.25, -0.2) is 0 Å². The summed E-state index contributed by atoms with van der Waals surface area (Å²) in [5.74, 6) is 0.925. The first kappa shape index (κ1) is 17.7. The van der Waals surface area contributed by atoms with Gasteiger partial charge in [-0.15, -0.1) is 0 Å². The van der Waals surface area contributed by atoms with Gasteiger partial charge in [0.25, 0.3) is 0 Å². The van der Waals surface area contributed by atoms with Gasteiger partial charge in [0.05, 0.1) is 5.56 Å². The van der Waals surface area contributed by atoms with E-state index >= 15 is 0 Å². The summed E-state index contributed by atoms with van der Waals surface area (Å²) in [6.07, 6.45) is -0.137. The van der Waals surface area contributed by atoms with Crippen LogP contribution in [0.15, 0.2) is 24.3 Å². The molecule has 0 N–H and O–H groups in total. The molecule has 0 spiro atoms. The Bertz CT molecular complexity index is 532. The average molecular weight is 341 g/mol. The van der Waals surface area contributed by atoms with Crippen LogP contribution in [0.25, 0.3) is 0 Å². The fourth-order valence-electron chi connectivity index (χ4n) is 4.11. The van der Waals surface area contributed by atoms with Gasteiger partial charge >= 0.3 is 6.18 Å². The summed E-state index contributed by atoms with van der Waals surface area (Å²) in [4.78, 5) is 2.51.